The largest absolute Gasteiger partial charge is 0.496 e. The van der Waals surface area contributed by atoms with Gasteiger partial charge in [0.1, 0.15) is 5.75 Å². The Labute approximate surface area is 152 Å². The van der Waals surface area contributed by atoms with E-state index in [2.05, 4.69) is 16.3 Å². The first-order chi connectivity index (χ1) is 12.0. The van der Waals surface area contributed by atoms with E-state index in [4.69, 9.17) is 32.1 Å². The van der Waals surface area contributed by atoms with Crippen molar-refractivity contribution in [2.24, 2.45) is 0 Å². The van der Waals surface area contributed by atoms with Crippen LogP contribution in [0, 0.1) is 11.3 Å². The topological polar surface area (TPSA) is 101 Å². The normalized spacial score (nSPS) is 20.7. The molecule has 3 N–H and O–H groups in total. The standard InChI is InChI=1S/C17H23ClN4O3/c1-24-15-9-13(20)12(18)8-11(15)17(23)21-14-4-7-22(6-3-5-19)10-16(14)25-2/h8-9,14,16H,3-4,6-7,10,20H2,1-2H3,(H,21,23)/t14-,16+/m0/s1. The summed E-state index contributed by atoms with van der Waals surface area (Å²) in [5.41, 5.74) is 6.45. The lowest BCUT2D eigenvalue weighted by atomic mass is 10.0. The number of nitrogen functional groups attached to an aromatic ring is 1. The number of hydrogen-bond donors (Lipinski definition) is 2. The van der Waals surface area contributed by atoms with E-state index in [1.807, 2.05) is 0 Å². The number of piperidine rings is 1. The van der Waals surface area contributed by atoms with Gasteiger partial charge in [-0.05, 0) is 12.5 Å². The molecule has 0 bridgehead atoms. The molecular weight excluding hydrogens is 344 g/mol. The van der Waals surface area contributed by atoms with Gasteiger partial charge in [0.15, 0.2) is 0 Å². The third kappa shape index (κ3) is 4.75. The van der Waals surface area contributed by atoms with E-state index in [0.29, 0.717) is 41.5 Å². The van der Waals surface area contributed by atoms with Crippen LogP contribution < -0.4 is 15.8 Å². The van der Waals surface area contributed by atoms with Crippen molar-refractivity contribution in [3.8, 4) is 11.8 Å². The Morgan fingerprint density at radius 2 is 2.28 bits per heavy atom. The highest BCUT2D eigenvalue weighted by molar-refractivity contribution is 6.33. The van der Waals surface area contributed by atoms with E-state index in [-0.39, 0.29) is 18.1 Å². The fraction of sp³-hybridized carbons (Fsp3) is 0.529. The van der Waals surface area contributed by atoms with Gasteiger partial charge < -0.3 is 20.5 Å². The predicted octanol–water partition coefficient (Wildman–Crippen LogP) is 1.66. The molecule has 136 valence electrons. The van der Waals surface area contributed by atoms with Crippen LogP contribution in [-0.2, 0) is 4.74 Å². The quantitative estimate of drug-likeness (QED) is 0.742. The van der Waals surface area contributed by atoms with Crippen LogP contribution in [-0.4, -0.2) is 56.8 Å². The number of amides is 1. The zero-order chi connectivity index (χ0) is 18.4. The van der Waals surface area contributed by atoms with Gasteiger partial charge in [-0.3, -0.25) is 9.69 Å². The molecule has 0 unspecified atom stereocenters. The number of nitrogens with two attached hydrogens (primary N) is 1. The number of rotatable bonds is 6. The molecule has 2 rings (SSSR count). The number of anilines is 1. The van der Waals surface area contributed by atoms with Crippen molar-refractivity contribution in [3.05, 3.63) is 22.7 Å². The van der Waals surface area contributed by atoms with Gasteiger partial charge in [0.25, 0.3) is 5.91 Å². The monoisotopic (exact) mass is 366 g/mol. The molecule has 0 radical (unpaired) electrons. The lowest BCUT2D eigenvalue weighted by molar-refractivity contribution is 0.00705. The Balaban J connectivity index is 2.07. The summed E-state index contributed by atoms with van der Waals surface area (Å²) < 4.78 is 10.8. The molecule has 0 aromatic heterocycles. The van der Waals surface area contributed by atoms with Gasteiger partial charge in [-0.15, -0.1) is 0 Å². The summed E-state index contributed by atoms with van der Waals surface area (Å²) in [6, 6.07) is 5.06. The highest BCUT2D eigenvalue weighted by atomic mass is 35.5. The molecule has 1 aliphatic rings. The molecular formula is C17H23ClN4O3. The summed E-state index contributed by atoms with van der Waals surface area (Å²) in [5.74, 6) is 0.0936. The molecule has 8 heteroatoms. The zero-order valence-electron chi connectivity index (χ0n) is 14.4. The molecule has 25 heavy (non-hydrogen) atoms. The van der Waals surface area contributed by atoms with Crippen LogP contribution in [0.1, 0.15) is 23.2 Å². The smallest absolute Gasteiger partial charge is 0.255 e. The van der Waals surface area contributed by atoms with Crippen LogP contribution in [0.3, 0.4) is 0 Å². The lowest BCUT2D eigenvalue weighted by Gasteiger charge is -2.37. The molecule has 2 atom stereocenters. The average molecular weight is 367 g/mol. The number of nitrogens with one attached hydrogen (secondary N) is 1. The zero-order valence-corrected chi connectivity index (χ0v) is 15.2. The highest BCUT2D eigenvalue weighted by Gasteiger charge is 2.31. The van der Waals surface area contributed by atoms with Crippen molar-refractivity contribution in [3.63, 3.8) is 0 Å². The minimum absolute atomic E-state index is 0.128. The molecule has 1 aliphatic heterocycles. The molecule has 0 spiro atoms. The van der Waals surface area contributed by atoms with Crippen molar-refractivity contribution in [1.82, 2.24) is 10.2 Å². The molecule has 1 fully saturated rings. The van der Waals surface area contributed by atoms with Crippen LogP contribution in [0.15, 0.2) is 12.1 Å². The summed E-state index contributed by atoms with van der Waals surface area (Å²) in [6.45, 7) is 2.17. The average Bonchev–Trinajstić information content (AvgIpc) is 2.62. The Hall–Kier alpha value is -2.01. The van der Waals surface area contributed by atoms with Crippen LogP contribution in [0.25, 0.3) is 0 Å². The first-order valence-electron chi connectivity index (χ1n) is 8.06. The van der Waals surface area contributed by atoms with E-state index in [1.165, 1.54) is 19.2 Å². The number of methoxy groups -OCH3 is 2. The number of halogens is 1. The number of ether oxygens (including phenoxy) is 2. The van der Waals surface area contributed by atoms with Gasteiger partial charge in [0, 0.05) is 39.2 Å². The third-order valence-electron chi connectivity index (χ3n) is 4.37. The maximum absolute atomic E-state index is 12.7. The van der Waals surface area contributed by atoms with E-state index < -0.39 is 0 Å². The highest BCUT2D eigenvalue weighted by Crippen LogP contribution is 2.29. The predicted molar refractivity (Wildman–Crippen MR) is 95.8 cm³/mol. The molecule has 1 saturated heterocycles. The second kappa shape index (κ2) is 8.90. The fourth-order valence-electron chi connectivity index (χ4n) is 2.96. The first kappa shape index (κ1) is 19.3. The number of nitriles is 1. The summed E-state index contributed by atoms with van der Waals surface area (Å²) >= 11 is 6.03. The van der Waals surface area contributed by atoms with Gasteiger partial charge in [-0.1, -0.05) is 11.6 Å². The van der Waals surface area contributed by atoms with Crippen molar-refractivity contribution in [2.45, 2.75) is 25.0 Å². The second-order valence-corrected chi connectivity index (χ2v) is 6.33. The maximum atomic E-state index is 12.7. The Bertz CT molecular complexity index is 662. The molecule has 0 aliphatic carbocycles. The number of carbonyl (C=O) groups is 1. The molecule has 1 aromatic carbocycles. The Morgan fingerprint density at radius 1 is 1.52 bits per heavy atom. The van der Waals surface area contributed by atoms with E-state index in [1.54, 1.807) is 7.11 Å². The SMILES string of the molecule is COc1cc(N)c(Cl)cc1C(=O)N[C@H]1CCN(CCC#N)C[C@H]1OC. The molecule has 7 nitrogen and oxygen atoms in total. The Kier molecular flexibility index (Phi) is 6.88. The van der Waals surface area contributed by atoms with Gasteiger partial charge in [-0.25, -0.2) is 0 Å². The molecule has 0 saturated carbocycles. The molecule has 1 heterocycles. The third-order valence-corrected chi connectivity index (χ3v) is 4.69. The van der Waals surface area contributed by atoms with Crippen LogP contribution >= 0.6 is 11.6 Å². The first-order valence-corrected chi connectivity index (χ1v) is 8.44. The second-order valence-electron chi connectivity index (χ2n) is 5.93. The van der Waals surface area contributed by atoms with E-state index in [0.717, 1.165) is 13.0 Å². The van der Waals surface area contributed by atoms with Gasteiger partial charge in [-0.2, -0.15) is 5.26 Å². The lowest BCUT2D eigenvalue weighted by Crippen LogP contribution is -2.54. The van der Waals surface area contributed by atoms with E-state index >= 15 is 0 Å². The minimum Gasteiger partial charge on any atom is -0.496 e. The summed E-state index contributed by atoms with van der Waals surface area (Å²) in [7, 11) is 3.10. The van der Waals surface area contributed by atoms with Gasteiger partial charge >= 0.3 is 0 Å². The number of benzene rings is 1. The fourth-order valence-corrected chi connectivity index (χ4v) is 3.12. The molecule has 1 aromatic rings. The van der Waals surface area contributed by atoms with Crippen molar-refractivity contribution in [1.29, 1.82) is 5.26 Å². The molecule has 1 amide bonds. The van der Waals surface area contributed by atoms with Crippen molar-refractivity contribution >= 4 is 23.2 Å². The number of carbonyl (C=O) groups excluding carboxylic acids is 1. The minimum atomic E-state index is -0.281. The summed E-state index contributed by atoms with van der Waals surface area (Å²) in [4.78, 5) is 14.8. The van der Waals surface area contributed by atoms with E-state index in [9.17, 15) is 4.79 Å². The van der Waals surface area contributed by atoms with Crippen LogP contribution in [0.2, 0.25) is 5.02 Å². The maximum Gasteiger partial charge on any atom is 0.255 e. The van der Waals surface area contributed by atoms with Crippen LogP contribution in [0.4, 0.5) is 5.69 Å². The van der Waals surface area contributed by atoms with Crippen molar-refractivity contribution in [2.75, 3.05) is 39.6 Å². The van der Waals surface area contributed by atoms with Crippen LogP contribution in [0.5, 0.6) is 5.75 Å². The summed E-state index contributed by atoms with van der Waals surface area (Å²) in [5, 5.41) is 12.0. The Morgan fingerprint density at radius 3 is 2.92 bits per heavy atom. The number of hydrogen-bond acceptors (Lipinski definition) is 6. The number of nitrogens with zero attached hydrogens (tertiary/aromatic N) is 2. The number of likely N-dealkylation sites (tertiary alicyclic amines) is 1. The van der Waals surface area contributed by atoms with Gasteiger partial charge in [0.05, 0.1) is 41.6 Å². The van der Waals surface area contributed by atoms with Crippen molar-refractivity contribution < 1.29 is 14.3 Å². The van der Waals surface area contributed by atoms with Gasteiger partial charge in [0.2, 0.25) is 0 Å². The summed E-state index contributed by atoms with van der Waals surface area (Å²) in [6.07, 6.45) is 1.07.